The highest BCUT2D eigenvalue weighted by molar-refractivity contribution is 5.94. The lowest BCUT2D eigenvalue weighted by atomic mass is 10.0. The fraction of sp³-hybridized carbons (Fsp3) is 0.565. The average Bonchev–Trinajstić information content (AvgIpc) is 3.26. The number of hydrogen-bond donors (Lipinski definition) is 1. The number of aryl methyl sites for hydroxylation is 1. The Hall–Kier alpha value is -2.78. The summed E-state index contributed by atoms with van der Waals surface area (Å²) in [5, 5.41) is 18.0. The Balaban J connectivity index is 1.80. The zero-order valence-corrected chi connectivity index (χ0v) is 19.1. The Morgan fingerprint density at radius 3 is 2.81 bits per heavy atom. The van der Waals surface area contributed by atoms with Gasteiger partial charge < -0.3 is 19.6 Å². The number of nitrogens with zero attached hydrogens (tertiary/aromatic N) is 5. The van der Waals surface area contributed by atoms with Crippen molar-refractivity contribution in [1.29, 1.82) is 0 Å². The molecule has 0 spiro atoms. The molecule has 9 nitrogen and oxygen atoms in total. The normalized spacial score (nSPS) is 21.2. The van der Waals surface area contributed by atoms with Crippen molar-refractivity contribution in [3.05, 3.63) is 47.8 Å². The van der Waals surface area contributed by atoms with E-state index in [9.17, 15) is 14.7 Å². The number of fused-ring (bicyclic) bond motifs is 2. The predicted octanol–water partition coefficient (Wildman–Crippen LogP) is 1.57. The summed E-state index contributed by atoms with van der Waals surface area (Å²) in [5.41, 5.74) is 1.33. The van der Waals surface area contributed by atoms with E-state index in [1.54, 1.807) is 33.7 Å². The van der Waals surface area contributed by atoms with Crippen LogP contribution in [-0.2, 0) is 22.7 Å². The molecule has 0 fully saturated rings. The van der Waals surface area contributed by atoms with Crippen molar-refractivity contribution < 1.29 is 19.4 Å². The summed E-state index contributed by atoms with van der Waals surface area (Å²) in [4.78, 5) is 29.2. The van der Waals surface area contributed by atoms with E-state index in [1.165, 1.54) is 0 Å². The van der Waals surface area contributed by atoms with Gasteiger partial charge in [0.15, 0.2) is 0 Å². The van der Waals surface area contributed by atoms with E-state index in [4.69, 9.17) is 4.74 Å². The summed E-state index contributed by atoms with van der Waals surface area (Å²) in [6, 6.07) is 8.82. The van der Waals surface area contributed by atoms with Gasteiger partial charge in [-0.25, -0.2) is 0 Å². The number of aliphatic hydroxyl groups excluding tert-OH is 1. The summed E-state index contributed by atoms with van der Waals surface area (Å²) in [5.74, 6) is -0.174. The molecule has 0 radical (unpaired) electrons. The van der Waals surface area contributed by atoms with Gasteiger partial charge in [-0.3, -0.25) is 14.3 Å². The van der Waals surface area contributed by atoms with Gasteiger partial charge in [0, 0.05) is 44.6 Å². The van der Waals surface area contributed by atoms with Gasteiger partial charge in [0.05, 0.1) is 31.6 Å². The Labute approximate surface area is 189 Å². The van der Waals surface area contributed by atoms with Crippen LogP contribution in [-0.4, -0.2) is 80.6 Å². The van der Waals surface area contributed by atoms with Crippen LogP contribution in [0.3, 0.4) is 0 Å². The van der Waals surface area contributed by atoms with Crippen molar-refractivity contribution in [1.82, 2.24) is 24.8 Å². The lowest BCUT2D eigenvalue weighted by molar-refractivity contribution is -0.136. The Bertz CT molecular complexity index is 888. The maximum absolute atomic E-state index is 12.9. The van der Waals surface area contributed by atoms with Crippen molar-refractivity contribution in [2.75, 3.05) is 26.7 Å². The van der Waals surface area contributed by atoms with Crippen LogP contribution in [0, 0.1) is 5.92 Å². The first-order valence-corrected chi connectivity index (χ1v) is 11.1. The number of rotatable bonds is 5. The van der Waals surface area contributed by atoms with Gasteiger partial charge in [-0.05, 0) is 25.5 Å². The molecule has 1 aliphatic rings. The first kappa shape index (κ1) is 23.9. The van der Waals surface area contributed by atoms with Gasteiger partial charge in [0.25, 0.3) is 5.91 Å². The minimum Gasteiger partial charge on any atom is -0.394 e. The highest BCUT2D eigenvalue weighted by Gasteiger charge is 2.29. The number of ether oxygens (including phenoxy) is 1. The fourth-order valence-corrected chi connectivity index (χ4v) is 3.85. The van der Waals surface area contributed by atoms with Gasteiger partial charge in [0.2, 0.25) is 5.91 Å². The topological polar surface area (TPSA) is 101 Å². The van der Waals surface area contributed by atoms with Crippen LogP contribution in [0.1, 0.15) is 42.7 Å². The maximum atomic E-state index is 12.9. The number of amides is 2. The second kappa shape index (κ2) is 11.2. The Morgan fingerprint density at radius 2 is 2.09 bits per heavy atom. The first-order chi connectivity index (χ1) is 15.4. The highest BCUT2D eigenvalue weighted by Crippen LogP contribution is 2.18. The van der Waals surface area contributed by atoms with Crippen LogP contribution in [0.15, 0.2) is 36.5 Å². The van der Waals surface area contributed by atoms with Crippen molar-refractivity contribution in [2.24, 2.45) is 5.92 Å². The quantitative estimate of drug-likeness (QED) is 0.753. The Kier molecular flexibility index (Phi) is 8.35. The molecule has 2 amide bonds. The van der Waals surface area contributed by atoms with Crippen LogP contribution < -0.4 is 0 Å². The van der Waals surface area contributed by atoms with Gasteiger partial charge in [0.1, 0.15) is 5.69 Å². The molecule has 3 atom stereocenters. The van der Waals surface area contributed by atoms with E-state index >= 15 is 0 Å². The highest BCUT2D eigenvalue weighted by atomic mass is 16.5. The van der Waals surface area contributed by atoms with E-state index in [0.29, 0.717) is 43.7 Å². The van der Waals surface area contributed by atoms with Crippen molar-refractivity contribution in [2.45, 2.75) is 52.0 Å². The summed E-state index contributed by atoms with van der Waals surface area (Å²) in [6.45, 7) is 5.39. The zero-order chi connectivity index (χ0) is 23.1. The molecule has 0 unspecified atom stereocenters. The van der Waals surface area contributed by atoms with E-state index in [-0.39, 0.29) is 43.1 Å². The molecule has 2 aromatic rings. The van der Waals surface area contributed by atoms with Gasteiger partial charge in [-0.15, -0.1) is 5.10 Å². The molecule has 1 N–H and O–H groups in total. The number of benzene rings is 1. The molecule has 1 aromatic carbocycles. The van der Waals surface area contributed by atoms with Crippen LogP contribution in [0.25, 0.3) is 0 Å². The minimum atomic E-state index is -0.334. The largest absolute Gasteiger partial charge is 0.394 e. The van der Waals surface area contributed by atoms with Crippen LogP contribution in [0.5, 0.6) is 0 Å². The second-order valence-electron chi connectivity index (χ2n) is 8.53. The molecular weight excluding hydrogens is 410 g/mol. The molecule has 174 valence electrons. The molecular formula is C23H33N5O4. The van der Waals surface area contributed by atoms with E-state index in [2.05, 4.69) is 10.3 Å². The summed E-state index contributed by atoms with van der Waals surface area (Å²) < 4.78 is 7.92. The molecule has 1 aliphatic heterocycles. The number of carbonyl (C=O) groups excluding carboxylic acids is 2. The molecule has 0 aliphatic carbocycles. The third kappa shape index (κ3) is 6.14. The third-order valence-corrected chi connectivity index (χ3v) is 5.87. The molecule has 1 aromatic heterocycles. The standard InChI is InChI=1S/C23H33N5O4/c1-17-12-28(18(2)15-29)22(30)10-7-11-27-13-20(24-25-27)16-32-21(17)14-26(3)23(31)19-8-5-4-6-9-19/h4-6,8-9,13,17-18,21,29H,7,10-12,14-16H2,1-3H3/t17-,18-,21-/m1/s1. The van der Waals surface area contributed by atoms with Crippen LogP contribution in [0.4, 0.5) is 0 Å². The van der Waals surface area contributed by atoms with E-state index in [0.717, 1.165) is 0 Å². The maximum Gasteiger partial charge on any atom is 0.253 e. The monoisotopic (exact) mass is 443 g/mol. The lowest BCUT2D eigenvalue weighted by Crippen LogP contribution is -2.47. The van der Waals surface area contributed by atoms with Gasteiger partial charge in [-0.1, -0.05) is 30.3 Å². The molecule has 3 rings (SSSR count). The molecule has 32 heavy (non-hydrogen) atoms. The molecule has 9 heteroatoms. The second-order valence-corrected chi connectivity index (χ2v) is 8.53. The van der Waals surface area contributed by atoms with Gasteiger partial charge in [-0.2, -0.15) is 0 Å². The summed E-state index contributed by atoms with van der Waals surface area (Å²) in [7, 11) is 1.75. The zero-order valence-electron chi connectivity index (χ0n) is 19.1. The summed E-state index contributed by atoms with van der Waals surface area (Å²) >= 11 is 0. The van der Waals surface area contributed by atoms with E-state index < -0.39 is 0 Å². The number of carbonyl (C=O) groups is 2. The lowest BCUT2D eigenvalue weighted by Gasteiger charge is -2.35. The molecule has 0 saturated carbocycles. The molecule has 0 saturated heterocycles. The number of likely N-dealkylation sites (N-methyl/N-ethyl adjacent to an activating group) is 1. The van der Waals surface area contributed by atoms with Crippen molar-refractivity contribution in [3.63, 3.8) is 0 Å². The SMILES string of the molecule is C[C@@H]1CN([C@H](C)CO)C(=O)CCCn2cc(nn2)CO[C@@H]1CN(C)C(=O)c1ccccc1. The van der Waals surface area contributed by atoms with Gasteiger partial charge >= 0.3 is 0 Å². The van der Waals surface area contributed by atoms with Crippen LogP contribution >= 0.6 is 0 Å². The van der Waals surface area contributed by atoms with Crippen molar-refractivity contribution >= 4 is 11.8 Å². The molecule has 2 heterocycles. The fourth-order valence-electron chi connectivity index (χ4n) is 3.85. The minimum absolute atomic E-state index is 0.00884. The van der Waals surface area contributed by atoms with Crippen LogP contribution in [0.2, 0.25) is 0 Å². The predicted molar refractivity (Wildman–Crippen MR) is 119 cm³/mol. The number of hydrogen-bond acceptors (Lipinski definition) is 6. The average molecular weight is 444 g/mol. The smallest absolute Gasteiger partial charge is 0.253 e. The summed E-state index contributed by atoms with van der Waals surface area (Å²) in [6.07, 6.45) is 2.50. The van der Waals surface area contributed by atoms with E-state index in [1.807, 2.05) is 38.2 Å². The number of aliphatic hydroxyl groups is 1. The third-order valence-electron chi connectivity index (χ3n) is 5.87. The number of aromatic nitrogens is 3. The molecule has 2 bridgehead atoms. The Morgan fingerprint density at radius 1 is 1.34 bits per heavy atom. The first-order valence-electron chi connectivity index (χ1n) is 11.1. The van der Waals surface area contributed by atoms with Crippen molar-refractivity contribution in [3.8, 4) is 0 Å².